The Labute approximate surface area is 219 Å². The highest BCUT2D eigenvalue weighted by Gasteiger charge is 2.70. The Balaban J connectivity index is 1.92. The molecule has 8 atom stereocenters. The monoisotopic (exact) mass is 581 g/mol. The number of fused-ring (bicyclic) bond motifs is 3. The van der Waals surface area contributed by atoms with Crippen LogP contribution in [0.25, 0.3) is 0 Å². The van der Waals surface area contributed by atoms with Crippen molar-refractivity contribution >= 4 is 45.0 Å². The molecular formula is C24H28BrN3O9. The number of anilines is 1. The van der Waals surface area contributed by atoms with Crippen LogP contribution in [0.1, 0.15) is 28.8 Å². The van der Waals surface area contributed by atoms with Gasteiger partial charge in [-0.25, -0.2) is 0 Å². The first-order valence-corrected chi connectivity index (χ1v) is 12.6. The van der Waals surface area contributed by atoms with Gasteiger partial charge in [0.1, 0.15) is 23.2 Å². The fourth-order valence-corrected chi connectivity index (χ4v) is 6.51. The normalized spacial score (nSPS) is 35.1. The van der Waals surface area contributed by atoms with E-state index in [-0.39, 0.29) is 16.6 Å². The third kappa shape index (κ3) is 3.63. The molecule has 0 aliphatic heterocycles. The SMILES string of the molecule is CC1c2ccc(NC(=O)CBr)c(O)c2C(=O)C2C1C(O)C1[C@H](N(C)C)C(O)=C(C(N)=O)C(=O)C1(O)C2O. The Morgan fingerprint density at radius 3 is 2.35 bits per heavy atom. The molecule has 0 saturated heterocycles. The van der Waals surface area contributed by atoms with Crippen LogP contribution in [0, 0.1) is 17.8 Å². The number of carbonyl (C=O) groups is 4. The number of alkyl halides is 1. The summed E-state index contributed by atoms with van der Waals surface area (Å²) in [5.74, 6) is -10.2. The van der Waals surface area contributed by atoms with Crippen molar-refractivity contribution in [3.05, 3.63) is 34.6 Å². The van der Waals surface area contributed by atoms with Gasteiger partial charge in [0.15, 0.2) is 11.4 Å². The summed E-state index contributed by atoms with van der Waals surface area (Å²) in [6, 6.07) is 1.62. The molecule has 37 heavy (non-hydrogen) atoms. The van der Waals surface area contributed by atoms with Crippen LogP contribution in [-0.2, 0) is 14.4 Å². The highest BCUT2D eigenvalue weighted by Crippen LogP contribution is 2.56. The lowest BCUT2D eigenvalue weighted by molar-refractivity contribution is -0.220. The van der Waals surface area contributed by atoms with Gasteiger partial charge in [0.2, 0.25) is 11.7 Å². The smallest absolute Gasteiger partial charge is 0.255 e. The van der Waals surface area contributed by atoms with E-state index >= 15 is 0 Å². The van der Waals surface area contributed by atoms with Crippen molar-refractivity contribution in [1.82, 2.24) is 4.90 Å². The molecule has 4 rings (SSSR count). The van der Waals surface area contributed by atoms with Gasteiger partial charge in [0.05, 0.1) is 34.6 Å². The molecule has 0 aromatic heterocycles. The van der Waals surface area contributed by atoms with Gasteiger partial charge in [0, 0.05) is 11.8 Å². The van der Waals surface area contributed by atoms with Gasteiger partial charge in [-0.05, 0) is 31.6 Å². The van der Waals surface area contributed by atoms with Crippen molar-refractivity contribution in [1.29, 1.82) is 0 Å². The van der Waals surface area contributed by atoms with Crippen LogP contribution in [0.5, 0.6) is 5.75 Å². The zero-order chi connectivity index (χ0) is 27.7. The highest BCUT2D eigenvalue weighted by atomic mass is 79.9. The Kier molecular flexibility index (Phi) is 6.74. The molecular weight excluding hydrogens is 554 g/mol. The molecule has 0 bridgehead atoms. The van der Waals surface area contributed by atoms with E-state index in [9.17, 15) is 44.7 Å². The second kappa shape index (κ2) is 9.17. The lowest BCUT2D eigenvalue weighted by atomic mass is 9.50. The number of rotatable bonds is 4. The third-order valence-electron chi connectivity index (χ3n) is 7.97. The van der Waals surface area contributed by atoms with E-state index in [1.165, 1.54) is 31.1 Å². The number of nitrogens with one attached hydrogen (secondary N) is 1. The molecule has 200 valence electrons. The van der Waals surface area contributed by atoms with Gasteiger partial charge in [-0.15, -0.1) is 0 Å². The summed E-state index contributed by atoms with van der Waals surface area (Å²) in [5.41, 5.74) is 1.57. The van der Waals surface area contributed by atoms with Crippen molar-refractivity contribution in [3.63, 3.8) is 0 Å². The maximum Gasteiger partial charge on any atom is 0.255 e. The largest absolute Gasteiger partial charge is 0.510 e. The van der Waals surface area contributed by atoms with Crippen LogP contribution in [0.3, 0.4) is 0 Å². The second-order valence-electron chi connectivity index (χ2n) is 10.0. The van der Waals surface area contributed by atoms with Crippen molar-refractivity contribution in [2.75, 3.05) is 24.7 Å². The maximum atomic E-state index is 13.8. The molecule has 0 radical (unpaired) electrons. The third-order valence-corrected chi connectivity index (χ3v) is 8.48. The van der Waals surface area contributed by atoms with E-state index in [2.05, 4.69) is 21.2 Å². The molecule has 3 aliphatic carbocycles. The molecule has 2 amide bonds. The number of aromatic hydroxyl groups is 1. The average Bonchev–Trinajstić information content (AvgIpc) is 2.82. The van der Waals surface area contributed by atoms with Crippen molar-refractivity contribution in [2.45, 2.75) is 36.7 Å². The molecule has 13 heteroatoms. The fraction of sp³-hybridized carbons (Fsp3) is 0.500. The number of phenols is 1. The van der Waals surface area contributed by atoms with E-state index in [4.69, 9.17) is 5.73 Å². The summed E-state index contributed by atoms with van der Waals surface area (Å²) in [6.07, 6.45) is -3.75. The maximum absolute atomic E-state index is 13.8. The van der Waals surface area contributed by atoms with Crippen LogP contribution in [0.4, 0.5) is 5.69 Å². The predicted octanol–water partition coefficient (Wildman–Crippen LogP) is -0.849. The minimum atomic E-state index is -2.86. The van der Waals surface area contributed by atoms with Crippen LogP contribution >= 0.6 is 15.9 Å². The number of amides is 2. The first kappa shape index (κ1) is 27.2. The molecule has 8 N–H and O–H groups in total. The predicted molar refractivity (Wildman–Crippen MR) is 132 cm³/mol. The number of aliphatic hydroxyl groups excluding tert-OH is 3. The van der Waals surface area contributed by atoms with Crippen LogP contribution in [-0.4, -0.2) is 97.1 Å². The highest BCUT2D eigenvalue weighted by molar-refractivity contribution is 9.09. The van der Waals surface area contributed by atoms with E-state index < -0.39 is 88.0 Å². The molecule has 1 aromatic carbocycles. The molecule has 7 unspecified atom stereocenters. The topological polar surface area (TPSA) is 211 Å². The number of nitrogens with zero attached hydrogens (tertiary/aromatic N) is 1. The standard InChI is InChI=1S/C24H28BrN3O9/c1-7-8-4-5-9(27-10(29)6-25)17(30)12(8)18(31)13-11(7)19(32)15-16(28(2)3)20(33)14(23(26)36)22(35)24(15,37)21(13)34/h4-5,7,11,13,15-16,19,21,30,32-34,37H,6H2,1-3H3,(H2,26,36)(H,27,29)/t7?,11?,13?,15?,16-,19?,21?,24?/m0/s1. The minimum Gasteiger partial charge on any atom is -0.510 e. The van der Waals surface area contributed by atoms with Crippen LogP contribution in [0.2, 0.25) is 0 Å². The Hall–Kier alpha value is -2.84. The van der Waals surface area contributed by atoms with E-state index in [1.807, 2.05) is 0 Å². The summed E-state index contributed by atoms with van der Waals surface area (Å²) < 4.78 is 0. The number of ketones is 2. The average molecular weight is 582 g/mol. The van der Waals surface area contributed by atoms with Gasteiger partial charge in [-0.2, -0.15) is 0 Å². The number of primary amides is 1. The Bertz CT molecular complexity index is 1250. The fourth-order valence-electron chi connectivity index (χ4n) is 6.37. The molecule has 3 aliphatic rings. The zero-order valence-corrected chi connectivity index (χ0v) is 21.8. The van der Waals surface area contributed by atoms with E-state index in [0.717, 1.165) is 0 Å². The number of Topliss-reactive ketones (excluding diaryl/α,β-unsaturated/α-hetero) is 2. The summed E-state index contributed by atoms with van der Waals surface area (Å²) >= 11 is 2.99. The molecule has 0 spiro atoms. The van der Waals surface area contributed by atoms with Gasteiger partial charge in [-0.1, -0.05) is 28.9 Å². The van der Waals surface area contributed by atoms with Gasteiger partial charge in [0.25, 0.3) is 5.91 Å². The number of phenolic OH excluding ortho intramolecular Hbond substituents is 1. The molecule has 1 fully saturated rings. The number of likely N-dealkylation sites (N-methyl/N-ethyl adjacent to an activating group) is 1. The number of nitrogens with two attached hydrogens (primary N) is 1. The molecule has 12 nitrogen and oxygen atoms in total. The Morgan fingerprint density at radius 2 is 1.81 bits per heavy atom. The second-order valence-corrected chi connectivity index (χ2v) is 10.6. The summed E-state index contributed by atoms with van der Waals surface area (Å²) in [7, 11) is 2.96. The molecule has 1 aromatic rings. The zero-order valence-electron chi connectivity index (χ0n) is 20.2. The van der Waals surface area contributed by atoms with Crippen LogP contribution < -0.4 is 11.1 Å². The molecule has 0 heterocycles. The molecule has 1 saturated carbocycles. The number of hydrogen-bond acceptors (Lipinski definition) is 10. The van der Waals surface area contributed by atoms with Gasteiger partial charge < -0.3 is 36.6 Å². The first-order valence-electron chi connectivity index (χ1n) is 11.5. The Morgan fingerprint density at radius 1 is 1.19 bits per heavy atom. The first-order chi connectivity index (χ1) is 17.2. The number of carbonyl (C=O) groups excluding carboxylic acids is 4. The summed E-state index contributed by atoms with van der Waals surface area (Å²) in [4.78, 5) is 52.4. The van der Waals surface area contributed by atoms with Crippen LogP contribution in [0.15, 0.2) is 23.5 Å². The number of aliphatic hydroxyl groups is 4. The number of hydrogen-bond donors (Lipinski definition) is 7. The quantitative estimate of drug-likeness (QED) is 0.133. The lowest BCUT2D eigenvalue weighted by Crippen LogP contribution is -2.75. The van der Waals surface area contributed by atoms with Crippen molar-refractivity contribution < 1.29 is 44.7 Å². The lowest BCUT2D eigenvalue weighted by Gasteiger charge is -2.58. The van der Waals surface area contributed by atoms with Gasteiger partial charge >= 0.3 is 0 Å². The minimum absolute atomic E-state index is 0.0603. The van der Waals surface area contributed by atoms with Crippen molar-refractivity contribution in [2.24, 2.45) is 23.5 Å². The van der Waals surface area contributed by atoms with Crippen molar-refractivity contribution in [3.8, 4) is 5.75 Å². The number of halogens is 1. The van der Waals surface area contributed by atoms with Gasteiger partial charge in [-0.3, -0.25) is 24.1 Å². The number of benzene rings is 1. The van der Waals surface area contributed by atoms with E-state index in [0.29, 0.717) is 5.56 Å². The summed E-state index contributed by atoms with van der Waals surface area (Å²) in [6.45, 7) is 1.65. The van der Waals surface area contributed by atoms with E-state index in [1.54, 1.807) is 6.92 Å². The summed E-state index contributed by atoms with van der Waals surface area (Å²) in [5, 5.41) is 58.8.